The molecule has 1 amide bonds. The fourth-order valence-electron chi connectivity index (χ4n) is 3.03. The van der Waals surface area contributed by atoms with Crippen LogP contribution in [0.15, 0.2) is 64.2 Å². The first-order chi connectivity index (χ1) is 14.5. The molecule has 0 aliphatic rings. The number of aromatic nitrogens is 3. The zero-order valence-corrected chi connectivity index (χ0v) is 15.6. The molecule has 30 heavy (non-hydrogen) atoms. The Labute approximate surface area is 169 Å². The average Bonchev–Trinajstić information content (AvgIpc) is 3.17. The van der Waals surface area contributed by atoms with E-state index in [1.54, 1.807) is 0 Å². The van der Waals surface area contributed by atoms with E-state index in [1.165, 1.54) is 10.9 Å². The van der Waals surface area contributed by atoms with Crippen molar-refractivity contribution < 1.29 is 18.1 Å². The summed E-state index contributed by atoms with van der Waals surface area (Å²) in [5, 5.41) is 6.52. The van der Waals surface area contributed by atoms with Gasteiger partial charge in [0.25, 0.3) is 11.3 Å². The first-order valence-corrected chi connectivity index (χ1v) is 9.13. The lowest BCUT2D eigenvalue weighted by Crippen LogP contribution is -2.27. The average molecular weight is 410 g/mol. The van der Waals surface area contributed by atoms with Gasteiger partial charge in [-0.1, -0.05) is 35.5 Å². The molecule has 2 aromatic carbocycles. The molecule has 0 saturated carbocycles. The summed E-state index contributed by atoms with van der Waals surface area (Å²) < 4.78 is 33.4. The first-order valence-electron chi connectivity index (χ1n) is 9.13. The predicted octanol–water partition coefficient (Wildman–Crippen LogP) is 3.04. The van der Waals surface area contributed by atoms with Crippen molar-refractivity contribution in [2.24, 2.45) is 0 Å². The third-order valence-electron chi connectivity index (χ3n) is 4.51. The summed E-state index contributed by atoms with van der Waals surface area (Å²) in [6.07, 6.45) is 1.30. The van der Waals surface area contributed by atoms with Crippen LogP contribution in [-0.4, -0.2) is 20.6 Å². The highest BCUT2D eigenvalue weighted by Crippen LogP contribution is 2.25. The number of rotatable bonds is 6. The highest BCUT2D eigenvalue weighted by Gasteiger charge is 2.18. The van der Waals surface area contributed by atoms with Crippen molar-refractivity contribution in [3.05, 3.63) is 82.4 Å². The number of aryl methyl sites for hydroxylation is 1. The smallest absolute Gasteiger partial charge is 0.266 e. The van der Waals surface area contributed by atoms with Gasteiger partial charge >= 0.3 is 0 Å². The van der Waals surface area contributed by atoms with E-state index in [-0.39, 0.29) is 41.2 Å². The van der Waals surface area contributed by atoms with Crippen molar-refractivity contribution in [2.75, 3.05) is 0 Å². The summed E-state index contributed by atoms with van der Waals surface area (Å²) >= 11 is 0. The quantitative estimate of drug-likeness (QED) is 0.528. The lowest BCUT2D eigenvalue weighted by atomic mass is 10.1. The van der Waals surface area contributed by atoms with Crippen LogP contribution in [-0.2, 0) is 17.9 Å². The number of benzene rings is 2. The van der Waals surface area contributed by atoms with Crippen LogP contribution in [0.2, 0.25) is 0 Å². The molecule has 0 radical (unpaired) electrons. The molecule has 2 heterocycles. The van der Waals surface area contributed by atoms with Gasteiger partial charge in [-0.05, 0) is 17.7 Å². The van der Waals surface area contributed by atoms with Crippen molar-refractivity contribution in [1.29, 1.82) is 0 Å². The van der Waals surface area contributed by atoms with Gasteiger partial charge in [-0.3, -0.25) is 14.2 Å². The van der Waals surface area contributed by atoms with Crippen molar-refractivity contribution in [3.63, 3.8) is 0 Å². The van der Waals surface area contributed by atoms with E-state index in [9.17, 15) is 18.4 Å². The molecular formula is C21H16F2N4O3. The molecule has 0 spiro atoms. The van der Waals surface area contributed by atoms with E-state index < -0.39 is 17.2 Å². The third-order valence-corrected chi connectivity index (χ3v) is 4.51. The summed E-state index contributed by atoms with van der Waals surface area (Å²) in [5.41, 5.74) is 0.441. The first kappa shape index (κ1) is 19.4. The maximum absolute atomic E-state index is 13.6. The second-order valence-electron chi connectivity index (χ2n) is 6.62. The Bertz CT molecular complexity index is 1250. The number of fused-ring (bicyclic) bond motifs is 1. The van der Waals surface area contributed by atoms with E-state index in [2.05, 4.69) is 15.5 Å². The van der Waals surface area contributed by atoms with Crippen molar-refractivity contribution >= 4 is 17.0 Å². The monoisotopic (exact) mass is 410 g/mol. The minimum Gasteiger partial charge on any atom is -0.352 e. The molecule has 4 rings (SSSR count). The number of halogens is 2. The molecule has 0 atom stereocenters. The Morgan fingerprint density at radius 1 is 1.10 bits per heavy atom. The van der Waals surface area contributed by atoms with Gasteiger partial charge in [-0.25, -0.2) is 13.8 Å². The molecule has 4 aromatic rings. The molecule has 1 N–H and O–H groups in total. The van der Waals surface area contributed by atoms with Gasteiger partial charge in [-0.15, -0.1) is 0 Å². The fraction of sp³-hybridized carbons (Fsp3) is 0.143. The van der Waals surface area contributed by atoms with Crippen LogP contribution < -0.4 is 10.9 Å². The van der Waals surface area contributed by atoms with Crippen molar-refractivity contribution in [1.82, 2.24) is 20.0 Å². The number of amides is 1. The summed E-state index contributed by atoms with van der Waals surface area (Å²) in [6, 6.07) is 12.2. The molecule has 152 valence electrons. The largest absolute Gasteiger partial charge is 0.352 e. The zero-order valence-electron chi connectivity index (χ0n) is 15.6. The number of hydrogen-bond acceptors (Lipinski definition) is 5. The minimum absolute atomic E-state index is 0.00723. The highest BCUT2D eigenvalue weighted by molar-refractivity contribution is 5.88. The van der Waals surface area contributed by atoms with Crippen LogP contribution in [0, 0.1) is 11.6 Å². The topological polar surface area (TPSA) is 90.0 Å². The van der Waals surface area contributed by atoms with Crippen LogP contribution in [0.1, 0.15) is 12.0 Å². The van der Waals surface area contributed by atoms with Gasteiger partial charge in [0.2, 0.25) is 5.91 Å². The fourth-order valence-corrected chi connectivity index (χ4v) is 3.03. The predicted molar refractivity (Wildman–Crippen MR) is 104 cm³/mol. The molecule has 9 heteroatoms. The van der Waals surface area contributed by atoms with Crippen LogP contribution >= 0.6 is 0 Å². The molecule has 7 nitrogen and oxygen atoms in total. The van der Waals surface area contributed by atoms with Gasteiger partial charge < -0.3 is 9.84 Å². The number of carbonyl (C=O) groups is 1. The molecular weight excluding hydrogens is 394 g/mol. The molecule has 0 aliphatic carbocycles. The molecule has 0 aliphatic heterocycles. The second kappa shape index (κ2) is 8.24. The lowest BCUT2D eigenvalue weighted by molar-refractivity contribution is -0.121. The molecule has 0 saturated heterocycles. The van der Waals surface area contributed by atoms with Crippen LogP contribution in [0.5, 0.6) is 0 Å². The third kappa shape index (κ3) is 4.09. The zero-order chi connectivity index (χ0) is 21.1. The number of nitrogens with one attached hydrogen (secondary N) is 1. The highest BCUT2D eigenvalue weighted by atomic mass is 19.1. The van der Waals surface area contributed by atoms with Crippen LogP contribution in [0.4, 0.5) is 8.78 Å². The summed E-state index contributed by atoms with van der Waals surface area (Å²) in [7, 11) is 0. The maximum Gasteiger partial charge on any atom is 0.266 e. The van der Waals surface area contributed by atoms with Crippen LogP contribution in [0.25, 0.3) is 22.4 Å². The van der Waals surface area contributed by atoms with E-state index in [0.29, 0.717) is 6.54 Å². The Hall–Kier alpha value is -3.88. The summed E-state index contributed by atoms with van der Waals surface area (Å²) in [4.78, 5) is 29.0. The van der Waals surface area contributed by atoms with Crippen molar-refractivity contribution in [3.8, 4) is 11.3 Å². The molecule has 0 bridgehead atoms. The normalized spacial score (nSPS) is 11.0. The summed E-state index contributed by atoms with van der Waals surface area (Å²) in [5.74, 6) is -1.84. The Kier molecular flexibility index (Phi) is 5.34. The second-order valence-corrected chi connectivity index (χ2v) is 6.62. The summed E-state index contributed by atoms with van der Waals surface area (Å²) in [6.45, 7) is 0.456. The number of nitrogens with zero attached hydrogens (tertiary/aromatic N) is 3. The van der Waals surface area contributed by atoms with E-state index in [0.717, 1.165) is 23.8 Å². The SMILES string of the molecule is O=C(CCn1cnc2onc(-c3cc(F)cc(F)c3)c2c1=O)NCc1ccccc1. The standard InChI is InChI=1S/C21H16F2N4O3/c22-15-8-14(9-16(23)10-15)19-18-20(30-26-19)25-12-27(21(18)29)7-6-17(28)24-11-13-4-2-1-3-5-13/h1-5,8-10,12H,6-7,11H2,(H,24,28). The van der Waals surface area contributed by atoms with Crippen LogP contribution in [0.3, 0.4) is 0 Å². The minimum atomic E-state index is -0.805. The van der Waals surface area contributed by atoms with Crippen molar-refractivity contribution in [2.45, 2.75) is 19.5 Å². The lowest BCUT2D eigenvalue weighted by Gasteiger charge is -2.07. The Morgan fingerprint density at radius 2 is 1.83 bits per heavy atom. The van der Waals surface area contributed by atoms with Gasteiger partial charge in [0.05, 0.1) is 0 Å². The van der Waals surface area contributed by atoms with Gasteiger partial charge in [0.15, 0.2) is 0 Å². The molecule has 0 unspecified atom stereocenters. The van der Waals surface area contributed by atoms with Gasteiger partial charge in [0, 0.05) is 31.1 Å². The Morgan fingerprint density at radius 3 is 2.57 bits per heavy atom. The van der Waals surface area contributed by atoms with E-state index in [4.69, 9.17) is 4.52 Å². The number of hydrogen-bond donors (Lipinski definition) is 1. The molecule has 2 aromatic heterocycles. The number of carbonyl (C=O) groups excluding carboxylic acids is 1. The van der Waals surface area contributed by atoms with E-state index >= 15 is 0 Å². The van der Waals surface area contributed by atoms with Gasteiger partial charge in [0.1, 0.15) is 29.0 Å². The van der Waals surface area contributed by atoms with E-state index in [1.807, 2.05) is 30.3 Å². The van der Waals surface area contributed by atoms with Gasteiger partial charge in [-0.2, -0.15) is 0 Å². The maximum atomic E-state index is 13.6. The Balaban J connectivity index is 1.53. The molecule has 0 fully saturated rings.